The number of aliphatic hydroxyl groups is 1. The molecule has 4 heteroatoms. The van der Waals surface area contributed by atoms with Crippen LogP contribution in [0.2, 0.25) is 0 Å². The van der Waals surface area contributed by atoms with Crippen LogP contribution >= 0.6 is 0 Å². The average molecular weight is 342 g/mol. The zero-order chi connectivity index (χ0) is 17.8. The molecule has 4 nitrogen and oxygen atoms in total. The third-order valence-corrected chi connectivity index (χ3v) is 8.66. The van der Waals surface area contributed by atoms with Crippen molar-refractivity contribution in [2.75, 3.05) is 0 Å². The van der Waals surface area contributed by atoms with Crippen molar-refractivity contribution in [1.29, 1.82) is 0 Å². The van der Waals surface area contributed by atoms with Gasteiger partial charge in [-0.25, -0.2) is 0 Å². The van der Waals surface area contributed by atoms with Gasteiger partial charge in [0.15, 0.2) is 0 Å². The maximum absolute atomic E-state index is 12.4. The SMILES string of the molecule is C[C@]12CCC(O)CC1CC[C@@H]1[C@@H]2CC[C@]2(C)C(C(=O)C=[N+]=[N-])=CC[C@@H]12. The number of nitrogens with zero attached hydrogens (tertiary/aromatic N) is 2. The zero-order valence-corrected chi connectivity index (χ0v) is 15.4. The van der Waals surface area contributed by atoms with E-state index in [0.717, 1.165) is 49.8 Å². The van der Waals surface area contributed by atoms with Crippen LogP contribution in [0.3, 0.4) is 0 Å². The van der Waals surface area contributed by atoms with Crippen LogP contribution in [-0.4, -0.2) is 28.0 Å². The first-order chi connectivity index (χ1) is 11.9. The highest BCUT2D eigenvalue weighted by molar-refractivity contribution is 6.33. The standard InChI is InChI=1S/C21H30N2O2/c1-20-9-7-14(24)11-13(20)3-4-15-16-5-6-18(19(25)12-23-22)21(16,2)10-8-17(15)20/h6,12-17,24H,3-5,7-11H2,1-2H3/t13?,14?,15-,16-,17-,20-,21-/m0/s1. The Hall–Kier alpha value is -1.25. The molecule has 0 heterocycles. The number of Topliss-reactive ketones (excluding diaryl/α,β-unsaturated/α-hetero) is 1. The molecule has 0 aliphatic heterocycles. The van der Waals surface area contributed by atoms with E-state index in [9.17, 15) is 9.90 Å². The van der Waals surface area contributed by atoms with Gasteiger partial charge in [-0.1, -0.05) is 19.9 Å². The number of ketones is 1. The molecular formula is C21H30N2O2. The van der Waals surface area contributed by atoms with Gasteiger partial charge in [0.2, 0.25) is 0 Å². The summed E-state index contributed by atoms with van der Waals surface area (Å²) in [5.41, 5.74) is 9.93. The topological polar surface area (TPSA) is 73.7 Å². The second-order valence-electron chi connectivity index (χ2n) is 9.50. The molecule has 0 aromatic rings. The van der Waals surface area contributed by atoms with Gasteiger partial charge in [0, 0.05) is 5.57 Å². The van der Waals surface area contributed by atoms with Crippen molar-refractivity contribution in [3.8, 4) is 0 Å². The average Bonchev–Trinajstić information content (AvgIpc) is 2.93. The number of carbonyl (C=O) groups excluding carboxylic acids is 1. The normalized spacial score (nSPS) is 48.4. The van der Waals surface area contributed by atoms with Gasteiger partial charge in [0.25, 0.3) is 5.78 Å². The summed E-state index contributed by atoms with van der Waals surface area (Å²) in [5, 5.41) is 10.1. The summed E-state index contributed by atoms with van der Waals surface area (Å²) < 4.78 is 0. The number of carbonyl (C=O) groups is 1. The highest BCUT2D eigenvalue weighted by Gasteiger charge is 2.59. The lowest BCUT2D eigenvalue weighted by Crippen LogP contribution is -2.53. The quantitative estimate of drug-likeness (QED) is 0.471. The van der Waals surface area contributed by atoms with E-state index in [1.165, 1.54) is 19.3 Å². The van der Waals surface area contributed by atoms with Crippen LogP contribution in [0.15, 0.2) is 11.6 Å². The third kappa shape index (κ3) is 2.41. The number of rotatable bonds is 2. The molecule has 25 heavy (non-hydrogen) atoms. The Labute approximate surface area is 150 Å². The lowest BCUT2D eigenvalue weighted by Gasteiger charge is -2.60. The number of allylic oxidation sites excluding steroid dienone is 2. The highest BCUT2D eigenvalue weighted by Crippen LogP contribution is 2.66. The Balaban J connectivity index is 1.61. The molecule has 0 amide bonds. The Kier molecular flexibility index (Phi) is 4.05. The number of hydrogen-bond acceptors (Lipinski definition) is 2. The minimum atomic E-state index is -0.119. The highest BCUT2D eigenvalue weighted by atomic mass is 16.3. The lowest BCUT2D eigenvalue weighted by molar-refractivity contribution is -0.124. The fourth-order valence-electron chi connectivity index (χ4n) is 7.31. The molecule has 0 aromatic heterocycles. The van der Waals surface area contributed by atoms with Crippen molar-refractivity contribution in [3.05, 3.63) is 17.2 Å². The summed E-state index contributed by atoms with van der Waals surface area (Å²) in [5.74, 6) is 2.50. The van der Waals surface area contributed by atoms with E-state index in [-0.39, 0.29) is 17.3 Å². The first kappa shape index (κ1) is 17.2. The lowest BCUT2D eigenvalue weighted by atomic mass is 9.44. The van der Waals surface area contributed by atoms with Gasteiger partial charge in [-0.05, 0) is 85.9 Å². The minimum Gasteiger partial charge on any atom is -0.393 e. The number of hydrogen-bond donors (Lipinski definition) is 1. The fraction of sp³-hybridized carbons (Fsp3) is 0.810. The predicted octanol–water partition coefficient (Wildman–Crippen LogP) is 3.80. The Morgan fingerprint density at radius 3 is 2.80 bits per heavy atom. The van der Waals surface area contributed by atoms with E-state index in [0.29, 0.717) is 23.2 Å². The monoisotopic (exact) mass is 342 g/mol. The summed E-state index contributed by atoms with van der Waals surface area (Å²) in [6.07, 6.45) is 11.9. The van der Waals surface area contributed by atoms with Gasteiger partial charge < -0.3 is 10.6 Å². The molecule has 4 aliphatic rings. The van der Waals surface area contributed by atoms with E-state index in [4.69, 9.17) is 5.53 Å². The van der Waals surface area contributed by atoms with Crippen LogP contribution in [0, 0.1) is 34.5 Å². The molecule has 2 unspecified atom stereocenters. The van der Waals surface area contributed by atoms with Gasteiger partial charge >= 0.3 is 6.21 Å². The molecule has 4 aliphatic carbocycles. The van der Waals surface area contributed by atoms with Gasteiger partial charge in [-0.2, -0.15) is 4.79 Å². The van der Waals surface area contributed by atoms with Gasteiger partial charge in [0.05, 0.1) is 6.10 Å². The number of fused-ring (bicyclic) bond motifs is 5. The van der Waals surface area contributed by atoms with Crippen molar-refractivity contribution >= 4 is 12.0 Å². The summed E-state index contributed by atoms with van der Waals surface area (Å²) in [6, 6.07) is 0. The van der Waals surface area contributed by atoms with Crippen LogP contribution in [0.1, 0.15) is 65.2 Å². The van der Waals surface area contributed by atoms with Gasteiger partial charge in [0.1, 0.15) is 0 Å². The van der Waals surface area contributed by atoms with E-state index in [1.807, 2.05) is 0 Å². The Morgan fingerprint density at radius 2 is 2.04 bits per heavy atom. The molecule has 3 fully saturated rings. The van der Waals surface area contributed by atoms with Crippen molar-refractivity contribution in [2.24, 2.45) is 34.5 Å². The van der Waals surface area contributed by atoms with Crippen molar-refractivity contribution < 1.29 is 14.7 Å². The zero-order valence-electron chi connectivity index (χ0n) is 15.4. The summed E-state index contributed by atoms with van der Waals surface area (Å²) in [4.78, 5) is 15.4. The molecule has 0 spiro atoms. The predicted molar refractivity (Wildman–Crippen MR) is 95.9 cm³/mol. The second kappa shape index (κ2) is 5.89. The molecule has 7 atom stereocenters. The molecule has 4 rings (SSSR count). The van der Waals surface area contributed by atoms with E-state index in [2.05, 4.69) is 24.7 Å². The molecule has 3 saturated carbocycles. The summed E-state index contributed by atoms with van der Waals surface area (Å²) in [7, 11) is 0. The molecule has 0 aromatic carbocycles. The first-order valence-electron chi connectivity index (χ1n) is 10.0. The van der Waals surface area contributed by atoms with Gasteiger partial charge in [-0.15, -0.1) is 0 Å². The number of aliphatic hydroxyl groups excluding tert-OH is 1. The second-order valence-corrected chi connectivity index (χ2v) is 9.50. The van der Waals surface area contributed by atoms with Crippen molar-refractivity contribution in [1.82, 2.24) is 0 Å². The summed E-state index contributed by atoms with van der Waals surface area (Å²) in [6.45, 7) is 4.74. The van der Waals surface area contributed by atoms with Crippen molar-refractivity contribution in [3.63, 3.8) is 0 Å². The maximum Gasteiger partial charge on any atom is 0.327 e. The van der Waals surface area contributed by atoms with Crippen LogP contribution in [0.4, 0.5) is 0 Å². The maximum atomic E-state index is 12.4. The van der Waals surface area contributed by atoms with Crippen LogP contribution in [0.25, 0.3) is 5.53 Å². The molecule has 1 N–H and O–H groups in total. The third-order valence-electron chi connectivity index (χ3n) is 8.66. The molecule has 0 bridgehead atoms. The molecular weight excluding hydrogens is 312 g/mol. The smallest absolute Gasteiger partial charge is 0.327 e. The van der Waals surface area contributed by atoms with Crippen LogP contribution < -0.4 is 0 Å². The first-order valence-corrected chi connectivity index (χ1v) is 10.0. The Morgan fingerprint density at radius 1 is 1.24 bits per heavy atom. The van der Waals surface area contributed by atoms with Crippen LogP contribution in [-0.2, 0) is 4.79 Å². The fourth-order valence-corrected chi connectivity index (χ4v) is 7.31. The van der Waals surface area contributed by atoms with Crippen LogP contribution in [0.5, 0.6) is 0 Å². The molecule has 0 radical (unpaired) electrons. The largest absolute Gasteiger partial charge is 0.393 e. The van der Waals surface area contributed by atoms with E-state index < -0.39 is 0 Å². The minimum absolute atomic E-state index is 0.0587. The molecule has 0 saturated heterocycles. The molecule has 136 valence electrons. The Bertz CT molecular complexity index is 665. The van der Waals surface area contributed by atoms with E-state index >= 15 is 0 Å². The summed E-state index contributed by atoms with van der Waals surface area (Å²) >= 11 is 0. The van der Waals surface area contributed by atoms with Gasteiger partial charge in [-0.3, -0.25) is 4.79 Å². The van der Waals surface area contributed by atoms with Crippen molar-refractivity contribution in [2.45, 2.75) is 71.3 Å². The van der Waals surface area contributed by atoms with E-state index in [1.54, 1.807) is 0 Å².